The van der Waals surface area contributed by atoms with Gasteiger partial charge in [-0.25, -0.2) is 4.98 Å². The second-order valence-electron chi connectivity index (χ2n) is 4.04. The molecule has 0 radical (unpaired) electrons. The third kappa shape index (κ3) is 2.36. The van der Waals surface area contributed by atoms with E-state index >= 15 is 0 Å². The number of anilines is 1. The summed E-state index contributed by atoms with van der Waals surface area (Å²) in [6.45, 7) is 0. The molecule has 0 aromatic carbocycles. The Kier molecular flexibility index (Phi) is 3.14. The molecule has 86 valence electrons. The highest BCUT2D eigenvalue weighted by molar-refractivity contribution is 5.92. The van der Waals surface area contributed by atoms with Crippen LogP contribution in [0.5, 0.6) is 0 Å². The highest BCUT2D eigenvalue weighted by Crippen LogP contribution is 2.25. The van der Waals surface area contributed by atoms with Gasteiger partial charge in [0.1, 0.15) is 5.82 Å². The highest BCUT2D eigenvalue weighted by atomic mass is 19.1. The molecule has 1 aromatic rings. The van der Waals surface area contributed by atoms with Gasteiger partial charge in [0, 0.05) is 6.04 Å². The van der Waals surface area contributed by atoms with Crippen LogP contribution in [0.2, 0.25) is 0 Å². The number of carbonyl (C=O) groups is 1. The summed E-state index contributed by atoms with van der Waals surface area (Å²) in [5.41, 5.74) is 5.81. The molecule has 1 aromatic heterocycles. The van der Waals surface area contributed by atoms with Gasteiger partial charge < -0.3 is 11.1 Å². The van der Waals surface area contributed by atoms with Crippen LogP contribution in [0, 0.1) is 11.9 Å². The molecule has 16 heavy (non-hydrogen) atoms. The number of nitrogens with one attached hydrogen (secondary N) is 1. The quantitative estimate of drug-likeness (QED) is 0.742. The number of aromatic nitrogens is 1. The number of nitrogens with two attached hydrogens (primary N) is 1. The summed E-state index contributed by atoms with van der Waals surface area (Å²) in [7, 11) is 0. The van der Waals surface area contributed by atoms with Crippen molar-refractivity contribution >= 4 is 11.7 Å². The van der Waals surface area contributed by atoms with Gasteiger partial charge in [0.25, 0.3) is 0 Å². The largest absolute Gasteiger partial charge is 0.327 e. The van der Waals surface area contributed by atoms with E-state index in [1.54, 1.807) is 6.07 Å². The van der Waals surface area contributed by atoms with Crippen LogP contribution < -0.4 is 11.1 Å². The first-order valence-electron chi connectivity index (χ1n) is 5.36. The Hall–Kier alpha value is -1.49. The van der Waals surface area contributed by atoms with Gasteiger partial charge in [-0.05, 0) is 25.0 Å². The fraction of sp³-hybridized carbons (Fsp3) is 0.455. The minimum atomic E-state index is -0.603. The summed E-state index contributed by atoms with van der Waals surface area (Å²) >= 11 is 0. The van der Waals surface area contributed by atoms with Crippen LogP contribution in [0.15, 0.2) is 18.2 Å². The molecular formula is C11H14FN3O. The summed E-state index contributed by atoms with van der Waals surface area (Å²) in [6.07, 6.45) is 2.63. The van der Waals surface area contributed by atoms with E-state index in [-0.39, 0.29) is 23.7 Å². The fourth-order valence-electron chi connectivity index (χ4n) is 2.01. The van der Waals surface area contributed by atoms with Crippen LogP contribution in [0.1, 0.15) is 19.3 Å². The zero-order valence-electron chi connectivity index (χ0n) is 8.82. The summed E-state index contributed by atoms with van der Waals surface area (Å²) in [5.74, 6) is -0.703. The first-order chi connectivity index (χ1) is 7.66. The van der Waals surface area contributed by atoms with Crippen molar-refractivity contribution in [2.45, 2.75) is 25.3 Å². The number of carbonyl (C=O) groups excluding carboxylic acids is 1. The van der Waals surface area contributed by atoms with Crippen molar-refractivity contribution in [1.82, 2.24) is 4.98 Å². The summed E-state index contributed by atoms with van der Waals surface area (Å²) in [5, 5.41) is 2.59. The standard InChI is InChI=1S/C11H14FN3O/c12-9-5-2-6-10(14-9)15-11(16)7-3-1-4-8(7)13/h2,5-8H,1,3-4,13H2,(H,14,15,16). The molecule has 2 atom stereocenters. The van der Waals surface area contributed by atoms with Gasteiger partial charge in [0.15, 0.2) is 0 Å². The van der Waals surface area contributed by atoms with E-state index in [0.29, 0.717) is 0 Å². The van der Waals surface area contributed by atoms with E-state index < -0.39 is 5.95 Å². The molecule has 0 spiro atoms. The predicted octanol–water partition coefficient (Wildman–Crippen LogP) is 1.29. The van der Waals surface area contributed by atoms with E-state index in [2.05, 4.69) is 10.3 Å². The van der Waals surface area contributed by atoms with Gasteiger partial charge in [0.05, 0.1) is 5.92 Å². The number of hydrogen-bond donors (Lipinski definition) is 2. The lowest BCUT2D eigenvalue weighted by molar-refractivity contribution is -0.120. The van der Waals surface area contributed by atoms with Crippen molar-refractivity contribution in [2.75, 3.05) is 5.32 Å². The molecule has 4 nitrogen and oxygen atoms in total. The third-order valence-electron chi connectivity index (χ3n) is 2.87. The van der Waals surface area contributed by atoms with Crippen LogP contribution >= 0.6 is 0 Å². The van der Waals surface area contributed by atoms with Gasteiger partial charge in [-0.3, -0.25) is 4.79 Å². The number of nitrogens with zero attached hydrogens (tertiary/aromatic N) is 1. The van der Waals surface area contributed by atoms with Crippen molar-refractivity contribution in [1.29, 1.82) is 0 Å². The molecule has 1 fully saturated rings. The minimum Gasteiger partial charge on any atom is -0.327 e. The Balaban J connectivity index is 2.02. The normalized spacial score (nSPS) is 24.4. The van der Waals surface area contributed by atoms with E-state index in [4.69, 9.17) is 5.73 Å². The van der Waals surface area contributed by atoms with Crippen LogP contribution in [0.3, 0.4) is 0 Å². The molecule has 2 rings (SSSR count). The Morgan fingerprint density at radius 1 is 1.50 bits per heavy atom. The fourth-order valence-corrected chi connectivity index (χ4v) is 2.01. The van der Waals surface area contributed by atoms with Crippen LogP contribution in [-0.2, 0) is 4.79 Å². The van der Waals surface area contributed by atoms with Crippen LogP contribution in [0.25, 0.3) is 0 Å². The molecule has 5 heteroatoms. The maximum atomic E-state index is 12.8. The maximum Gasteiger partial charge on any atom is 0.230 e. The number of pyridine rings is 1. The van der Waals surface area contributed by atoms with Gasteiger partial charge >= 0.3 is 0 Å². The number of amides is 1. The van der Waals surface area contributed by atoms with Crippen molar-refractivity contribution in [3.05, 3.63) is 24.1 Å². The van der Waals surface area contributed by atoms with E-state index in [1.165, 1.54) is 12.1 Å². The van der Waals surface area contributed by atoms with Crippen molar-refractivity contribution in [3.63, 3.8) is 0 Å². The average molecular weight is 223 g/mol. The van der Waals surface area contributed by atoms with Crippen molar-refractivity contribution in [3.8, 4) is 0 Å². The topological polar surface area (TPSA) is 68.0 Å². The molecule has 3 N–H and O–H groups in total. The van der Waals surface area contributed by atoms with E-state index in [1.807, 2.05) is 0 Å². The monoisotopic (exact) mass is 223 g/mol. The van der Waals surface area contributed by atoms with Crippen LogP contribution in [-0.4, -0.2) is 16.9 Å². The molecule has 0 bridgehead atoms. The highest BCUT2D eigenvalue weighted by Gasteiger charge is 2.30. The Bertz CT molecular complexity index is 397. The lowest BCUT2D eigenvalue weighted by atomic mass is 10.0. The van der Waals surface area contributed by atoms with E-state index in [9.17, 15) is 9.18 Å². The average Bonchev–Trinajstić information content (AvgIpc) is 2.64. The number of rotatable bonds is 2. The second-order valence-corrected chi connectivity index (χ2v) is 4.04. The molecule has 1 aliphatic rings. The van der Waals surface area contributed by atoms with Gasteiger partial charge in [0.2, 0.25) is 11.9 Å². The third-order valence-corrected chi connectivity index (χ3v) is 2.87. The number of halogens is 1. The van der Waals surface area contributed by atoms with Crippen molar-refractivity contribution < 1.29 is 9.18 Å². The molecular weight excluding hydrogens is 209 g/mol. The molecule has 1 saturated carbocycles. The van der Waals surface area contributed by atoms with Gasteiger partial charge in [-0.1, -0.05) is 12.5 Å². The lowest BCUT2D eigenvalue weighted by Crippen LogP contribution is -2.34. The number of hydrogen-bond acceptors (Lipinski definition) is 3. The lowest BCUT2D eigenvalue weighted by Gasteiger charge is -2.14. The van der Waals surface area contributed by atoms with Gasteiger partial charge in [-0.2, -0.15) is 4.39 Å². The summed E-state index contributed by atoms with van der Waals surface area (Å²) in [4.78, 5) is 15.4. The summed E-state index contributed by atoms with van der Waals surface area (Å²) in [6, 6.07) is 4.21. The molecule has 2 unspecified atom stereocenters. The zero-order chi connectivity index (χ0) is 11.5. The molecule has 1 heterocycles. The Morgan fingerprint density at radius 3 is 2.94 bits per heavy atom. The van der Waals surface area contributed by atoms with Gasteiger partial charge in [-0.15, -0.1) is 0 Å². The molecule has 1 aliphatic carbocycles. The predicted molar refractivity (Wildman–Crippen MR) is 58.1 cm³/mol. The Labute approximate surface area is 93.1 Å². The first kappa shape index (κ1) is 11.0. The molecule has 0 aliphatic heterocycles. The first-order valence-corrected chi connectivity index (χ1v) is 5.36. The smallest absolute Gasteiger partial charge is 0.230 e. The molecule has 1 amide bonds. The van der Waals surface area contributed by atoms with E-state index in [0.717, 1.165) is 19.3 Å². The second kappa shape index (κ2) is 4.57. The van der Waals surface area contributed by atoms with Crippen LogP contribution in [0.4, 0.5) is 10.2 Å². The zero-order valence-corrected chi connectivity index (χ0v) is 8.82. The van der Waals surface area contributed by atoms with Crippen molar-refractivity contribution in [2.24, 2.45) is 11.7 Å². The molecule has 0 saturated heterocycles. The SMILES string of the molecule is NC1CCCC1C(=O)Nc1cccc(F)n1. The Morgan fingerprint density at radius 2 is 2.31 bits per heavy atom. The maximum absolute atomic E-state index is 12.8. The summed E-state index contributed by atoms with van der Waals surface area (Å²) < 4.78 is 12.8. The minimum absolute atomic E-state index is 0.0893.